The summed E-state index contributed by atoms with van der Waals surface area (Å²) < 4.78 is 47.8. The summed E-state index contributed by atoms with van der Waals surface area (Å²) in [6, 6.07) is 17.2. The van der Waals surface area contributed by atoms with Crippen LogP contribution in [-0.2, 0) is 19.8 Å². The van der Waals surface area contributed by atoms with Crippen molar-refractivity contribution in [1.82, 2.24) is 9.97 Å². The Balaban J connectivity index is 1.59. The van der Waals surface area contributed by atoms with E-state index in [0.29, 0.717) is 33.2 Å². The van der Waals surface area contributed by atoms with Gasteiger partial charge in [0.05, 0.1) is 26.4 Å². The van der Waals surface area contributed by atoms with Gasteiger partial charge in [-0.05, 0) is 61.0 Å². The Hall–Kier alpha value is -3.42. The van der Waals surface area contributed by atoms with Crippen LogP contribution in [-0.4, -0.2) is 46.6 Å². The van der Waals surface area contributed by atoms with Crippen LogP contribution in [0.15, 0.2) is 82.7 Å². The van der Waals surface area contributed by atoms with Crippen LogP contribution in [0.25, 0.3) is 11.1 Å². The van der Waals surface area contributed by atoms with Crippen LogP contribution in [0.3, 0.4) is 0 Å². The molecule has 40 heavy (non-hydrogen) atoms. The van der Waals surface area contributed by atoms with E-state index in [-0.39, 0.29) is 33.5 Å². The van der Waals surface area contributed by atoms with Crippen molar-refractivity contribution in [3.63, 3.8) is 0 Å². The molecule has 210 valence electrons. The largest absolute Gasteiger partial charge is 0.394 e. The van der Waals surface area contributed by atoms with Gasteiger partial charge in [-0.15, -0.1) is 0 Å². The summed E-state index contributed by atoms with van der Waals surface area (Å²) in [6.45, 7) is 1.66. The Morgan fingerprint density at radius 1 is 0.975 bits per heavy atom. The lowest BCUT2D eigenvalue weighted by atomic mass is 10.1. The third kappa shape index (κ3) is 7.01. The molecule has 2 unspecified atom stereocenters. The molecule has 0 radical (unpaired) electrons. The molecular formula is C26H26Cl2N6O4S2. The number of benzene rings is 3. The minimum absolute atomic E-state index is 0.0647. The maximum atomic E-state index is 12.9. The van der Waals surface area contributed by atoms with E-state index in [4.69, 9.17) is 28.0 Å². The second-order valence-electron chi connectivity index (χ2n) is 8.91. The van der Waals surface area contributed by atoms with Gasteiger partial charge < -0.3 is 15.7 Å². The van der Waals surface area contributed by atoms with Crippen LogP contribution in [0, 0.1) is 4.78 Å². The molecule has 14 heteroatoms. The fourth-order valence-corrected chi connectivity index (χ4v) is 6.07. The molecule has 0 saturated heterocycles. The zero-order valence-corrected chi connectivity index (χ0v) is 24.5. The second-order valence-corrected chi connectivity index (χ2v) is 13.5. The molecule has 3 aromatic carbocycles. The number of halogens is 2. The highest BCUT2D eigenvalue weighted by Crippen LogP contribution is 2.32. The van der Waals surface area contributed by atoms with E-state index >= 15 is 0 Å². The van der Waals surface area contributed by atoms with Crippen molar-refractivity contribution in [3.05, 3.63) is 83.0 Å². The first-order valence-corrected chi connectivity index (χ1v) is 16.0. The Morgan fingerprint density at radius 3 is 2.25 bits per heavy atom. The SMILES string of the molecule is CC(CO)Nc1nc(Nc2ccc(S(C)(=N)=O)cc2)ncc1-c1ccc(NS(=O)(=O)c2cccc(Cl)c2Cl)cc1. The quantitative estimate of drug-likeness (QED) is 0.148. The van der Waals surface area contributed by atoms with E-state index in [9.17, 15) is 17.7 Å². The van der Waals surface area contributed by atoms with E-state index < -0.39 is 19.8 Å². The van der Waals surface area contributed by atoms with Gasteiger partial charge in [0.2, 0.25) is 5.95 Å². The number of aromatic nitrogens is 2. The zero-order chi connectivity index (χ0) is 29.1. The van der Waals surface area contributed by atoms with E-state index in [1.54, 1.807) is 61.7 Å². The number of sulfonamides is 1. The molecule has 2 atom stereocenters. The minimum atomic E-state index is -3.98. The lowest BCUT2D eigenvalue weighted by Gasteiger charge is -2.17. The number of nitrogens with one attached hydrogen (secondary N) is 4. The Kier molecular flexibility index (Phi) is 8.86. The molecule has 0 bridgehead atoms. The van der Waals surface area contributed by atoms with Crippen molar-refractivity contribution >= 4 is 66.1 Å². The normalized spacial score (nSPS) is 13.7. The first-order chi connectivity index (χ1) is 18.9. The molecule has 5 N–H and O–H groups in total. The van der Waals surface area contributed by atoms with E-state index in [0.717, 1.165) is 0 Å². The number of hydrogen-bond donors (Lipinski definition) is 5. The summed E-state index contributed by atoms with van der Waals surface area (Å²) in [7, 11) is -6.81. The molecular weight excluding hydrogens is 595 g/mol. The molecule has 10 nitrogen and oxygen atoms in total. The monoisotopic (exact) mass is 620 g/mol. The molecule has 4 aromatic rings. The molecule has 0 saturated carbocycles. The molecule has 0 aliphatic rings. The van der Waals surface area contributed by atoms with Crippen molar-refractivity contribution in [2.75, 3.05) is 28.2 Å². The number of aliphatic hydroxyl groups is 1. The van der Waals surface area contributed by atoms with E-state index in [1.807, 2.05) is 0 Å². The third-order valence-electron chi connectivity index (χ3n) is 5.66. The number of rotatable bonds is 10. The average molecular weight is 622 g/mol. The van der Waals surface area contributed by atoms with Crippen LogP contribution >= 0.6 is 23.2 Å². The van der Waals surface area contributed by atoms with Gasteiger partial charge in [-0.3, -0.25) is 4.72 Å². The average Bonchev–Trinajstić information content (AvgIpc) is 2.90. The Morgan fingerprint density at radius 2 is 1.62 bits per heavy atom. The van der Waals surface area contributed by atoms with Crippen LogP contribution < -0.4 is 15.4 Å². The van der Waals surface area contributed by atoms with E-state index in [2.05, 4.69) is 25.3 Å². The van der Waals surface area contributed by atoms with Crippen molar-refractivity contribution in [2.24, 2.45) is 0 Å². The molecule has 1 aromatic heterocycles. The van der Waals surface area contributed by atoms with Gasteiger partial charge in [-0.25, -0.2) is 22.4 Å². The van der Waals surface area contributed by atoms with Crippen molar-refractivity contribution in [1.29, 1.82) is 4.78 Å². The molecule has 0 fully saturated rings. The van der Waals surface area contributed by atoms with E-state index in [1.165, 1.54) is 24.5 Å². The Bertz CT molecular complexity index is 1730. The summed E-state index contributed by atoms with van der Waals surface area (Å²) >= 11 is 12.1. The molecule has 0 spiro atoms. The standard InChI is InChI=1S/C26H26Cl2N6O4S2/c1-16(15-35)31-25-21(14-30-26(33-25)32-18-10-12-20(13-11-18)39(2,29)36)17-6-8-19(9-7-17)34-40(37,38)23-5-3-4-22(27)24(23)28/h3-14,16,29,34-35H,15H2,1-2H3,(H2,30,31,32,33). The maximum absolute atomic E-state index is 12.9. The first-order valence-electron chi connectivity index (χ1n) is 11.8. The lowest BCUT2D eigenvalue weighted by Crippen LogP contribution is -2.21. The zero-order valence-electron chi connectivity index (χ0n) is 21.4. The van der Waals surface area contributed by atoms with Gasteiger partial charge in [0, 0.05) is 40.3 Å². The van der Waals surface area contributed by atoms with Crippen LogP contribution in [0.1, 0.15) is 6.92 Å². The highest BCUT2D eigenvalue weighted by atomic mass is 35.5. The highest BCUT2D eigenvalue weighted by Gasteiger charge is 2.20. The predicted octanol–water partition coefficient (Wildman–Crippen LogP) is 5.82. The number of anilines is 4. The summed E-state index contributed by atoms with van der Waals surface area (Å²) in [5, 5.41) is 15.9. The minimum Gasteiger partial charge on any atom is -0.394 e. The summed E-state index contributed by atoms with van der Waals surface area (Å²) in [4.78, 5) is 9.24. The van der Waals surface area contributed by atoms with Crippen molar-refractivity contribution < 1.29 is 17.7 Å². The van der Waals surface area contributed by atoms with Crippen LogP contribution in [0.4, 0.5) is 23.1 Å². The van der Waals surface area contributed by atoms with Gasteiger partial charge in [-0.2, -0.15) is 4.98 Å². The fraction of sp³-hybridized carbons (Fsp3) is 0.154. The third-order valence-corrected chi connectivity index (χ3v) is 9.19. The van der Waals surface area contributed by atoms with Gasteiger partial charge in [0.15, 0.2) is 0 Å². The Labute approximate surface area is 242 Å². The van der Waals surface area contributed by atoms with Gasteiger partial charge >= 0.3 is 0 Å². The smallest absolute Gasteiger partial charge is 0.263 e. The maximum Gasteiger partial charge on any atom is 0.263 e. The first kappa shape index (κ1) is 29.6. The van der Waals surface area contributed by atoms with Crippen molar-refractivity contribution in [2.45, 2.75) is 22.8 Å². The summed E-state index contributed by atoms with van der Waals surface area (Å²) in [5.74, 6) is 0.715. The lowest BCUT2D eigenvalue weighted by molar-refractivity contribution is 0.281. The topological polar surface area (TPSA) is 157 Å². The molecule has 0 aliphatic heterocycles. The van der Waals surface area contributed by atoms with Gasteiger partial charge in [0.1, 0.15) is 10.7 Å². The summed E-state index contributed by atoms with van der Waals surface area (Å²) in [5.41, 5.74) is 2.26. The number of nitrogens with zero attached hydrogens (tertiary/aromatic N) is 2. The van der Waals surface area contributed by atoms with Gasteiger partial charge in [-0.1, -0.05) is 41.4 Å². The fourth-order valence-electron chi connectivity index (χ4n) is 3.59. The summed E-state index contributed by atoms with van der Waals surface area (Å²) in [6.07, 6.45) is 2.96. The van der Waals surface area contributed by atoms with Gasteiger partial charge in [0.25, 0.3) is 10.0 Å². The highest BCUT2D eigenvalue weighted by molar-refractivity contribution is 7.93. The molecule has 0 amide bonds. The molecule has 4 rings (SSSR count). The van der Waals surface area contributed by atoms with Crippen molar-refractivity contribution in [3.8, 4) is 11.1 Å². The number of hydrogen-bond acceptors (Lipinski definition) is 9. The number of aliphatic hydroxyl groups excluding tert-OH is 1. The van der Waals surface area contributed by atoms with Crippen LogP contribution in [0.2, 0.25) is 10.0 Å². The predicted molar refractivity (Wildman–Crippen MR) is 160 cm³/mol. The molecule has 1 heterocycles. The molecule has 0 aliphatic carbocycles. The second kappa shape index (κ2) is 12.0. The van der Waals surface area contributed by atoms with Crippen LogP contribution in [0.5, 0.6) is 0 Å².